The number of hydrogen-bond acceptors (Lipinski definition) is 9. The third-order valence-electron chi connectivity index (χ3n) is 23.3. The van der Waals surface area contributed by atoms with Gasteiger partial charge in [0.2, 0.25) is 11.8 Å². The van der Waals surface area contributed by atoms with Gasteiger partial charge >= 0.3 is 63.2 Å². The van der Waals surface area contributed by atoms with Gasteiger partial charge in [0.1, 0.15) is 11.6 Å². The van der Waals surface area contributed by atoms with Crippen LogP contribution in [0.15, 0.2) is 310 Å². The van der Waals surface area contributed by atoms with Crippen LogP contribution in [0.4, 0.5) is 17.3 Å². The number of aromatic nitrogens is 8. The zero-order valence-electron chi connectivity index (χ0n) is 65.7. The van der Waals surface area contributed by atoms with Crippen molar-refractivity contribution < 1.29 is 72.7 Å². The molecule has 0 radical (unpaired) electrons. The maximum atomic E-state index is 6.41. The van der Waals surface area contributed by atoms with Crippen LogP contribution in [0, 0.1) is 36.4 Å². The third kappa shape index (κ3) is 16.1. The summed E-state index contributed by atoms with van der Waals surface area (Å²) in [6.45, 7) is 9.55. The van der Waals surface area contributed by atoms with Gasteiger partial charge in [0.25, 0.3) is 0 Å². The van der Waals surface area contributed by atoms with E-state index >= 15 is 0 Å². The standard InChI is InChI=1S/C39H32N4O.C36H25N3.C30H20N2O.3Pt/c1-38(2)33-14-8-13-31-30-17-16-29-23-32(30)37-40-34(36(39(38,3)4)43(37)35(31)33)18-15-24-9-5-6-10-25(24)21-26-19-20-42(41-26)27-11-7-12-28(22-27)44-29;1-2-9-32(10-3-1)39-35-13-5-11-33(37-35)30-19-15-26(16-20-30)23-28-7-4-8-29(25-28)24-27-17-21-31(22-18-27)34-12-6-14-36(39)38-34;1-4-23-18-21-10-14-25(15-11-21)27-6-2-8-29(31-27)33-30-9-3-7-28(32-30)26-16-12-22(13-17-26)19-24(5-1)20-23;;;/h5-14,16-17,19-20H,15,18,21H2,1-4H3;1-19,21,25H,23-24H2;1-14,16,20H,18-19H2;;;/q3*-2;3*+2. The van der Waals surface area contributed by atoms with Gasteiger partial charge in [0.15, 0.2) is 0 Å². The molecule has 11 nitrogen and oxygen atoms in total. The fraction of sp³-hybridized carbons (Fsp3) is 0.124. The smallest absolute Gasteiger partial charge is 0.503 e. The Morgan fingerprint density at radius 2 is 0.866 bits per heavy atom. The van der Waals surface area contributed by atoms with Crippen LogP contribution in [0.25, 0.3) is 78.0 Å². The molecule has 0 aliphatic carbocycles. The van der Waals surface area contributed by atoms with Crippen molar-refractivity contribution >= 4 is 44.6 Å². The Bertz CT molecular complexity index is 6550. The van der Waals surface area contributed by atoms with Gasteiger partial charge in [-0.1, -0.05) is 225 Å². The molecule has 8 aliphatic heterocycles. The van der Waals surface area contributed by atoms with Crippen molar-refractivity contribution in [2.45, 2.75) is 83.5 Å². The summed E-state index contributed by atoms with van der Waals surface area (Å²) in [5.74, 6) is 3.86. The number of hydrogen-bond donors (Lipinski definition) is 0. The van der Waals surface area contributed by atoms with Crippen molar-refractivity contribution in [2.75, 3.05) is 4.90 Å². The molecule has 26 rings (SSSR count). The molecule has 0 saturated carbocycles. The number of rotatable bonds is 1. The van der Waals surface area contributed by atoms with Crippen LogP contribution < -0.4 is 14.4 Å². The maximum Gasteiger partial charge on any atom is 2.00 e. The number of imidazole rings is 1. The summed E-state index contributed by atoms with van der Waals surface area (Å²) in [5.41, 5.74) is 28.5. The molecular weight excluding hydrogens is 2000 g/mol. The molecule has 0 unspecified atom stereocenters. The topological polar surface area (TPSA) is 108 Å². The first-order valence-corrected chi connectivity index (χ1v) is 39.6. The fourth-order valence-corrected chi connectivity index (χ4v) is 16.8. The van der Waals surface area contributed by atoms with Crippen molar-refractivity contribution in [1.29, 1.82) is 0 Å². The summed E-state index contributed by atoms with van der Waals surface area (Å²) >= 11 is 0. The van der Waals surface area contributed by atoms with Gasteiger partial charge in [0, 0.05) is 51.8 Å². The summed E-state index contributed by atoms with van der Waals surface area (Å²) < 4.78 is 16.7. The molecular formula is C105H77N9O2Pt3. The number of anilines is 3. The molecule has 0 fully saturated rings. The van der Waals surface area contributed by atoms with Crippen LogP contribution in [0.2, 0.25) is 0 Å². The van der Waals surface area contributed by atoms with Crippen molar-refractivity contribution in [3.05, 3.63) is 424 Å². The van der Waals surface area contributed by atoms with Crippen molar-refractivity contribution in [1.82, 2.24) is 39.1 Å². The van der Waals surface area contributed by atoms with E-state index in [1.165, 1.54) is 77.8 Å². The van der Waals surface area contributed by atoms with E-state index < -0.39 is 0 Å². The van der Waals surface area contributed by atoms with E-state index in [0.29, 0.717) is 23.3 Å². The van der Waals surface area contributed by atoms with Crippen LogP contribution in [0.3, 0.4) is 0 Å². The monoisotopic (exact) mass is 2080 g/mol. The van der Waals surface area contributed by atoms with Crippen molar-refractivity contribution in [2.24, 2.45) is 0 Å². The fourth-order valence-electron chi connectivity index (χ4n) is 16.8. The first kappa shape index (κ1) is 79.4. The minimum Gasteiger partial charge on any atom is -0.503 e. The number of pyridine rings is 5. The first-order valence-electron chi connectivity index (χ1n) is 39.6. The Kier molecular flexibility index (Phi) is 22.5. The summed E-state index contributed by atoms with van der Waals surface area (Å²) in [6.07, 6.45) is 7.99. The minimum absolute atomic E-state index is 0. The second-order valence-electron chi connectivity index (χ2n) is 31.4. The second kappa shape index (κ2) is 33.7. The van der Waals surface area contributed by atoms with Gasteiger partial charge in [-0.05, 0) is 132 Å². The molecule has 0 N–H and O–H groups in total. The van der Waals surface area contributed by atoms with Crippen LogP contribution in [-0.2, 0) is 119 Å². The zero-order valence-corrected chi connectivity index (χ0v) is 72.5. The molecule has 15 heterocycles. The third-order valence-corrected chi connectivity index (χ3v) is 23.3. The molecule has 0 atom stereocenters. The van der Waals surface area contributed by atoms with Gasteiger partial charge < -0.3 is 13.9 Å². The Labute approximate surface area is 736 Å². The van der Waals surface area contributed by atoms with Gasteiger partial charge in [-0.25, -0.2) is 0 Å². The molecule has 0 spiro atoms. The maximum absolute atomic E-state index is 6.41. The molecule has 7 aromatic heterocycles. The average Bonchev–Trinajstić information content (AvgIpc) is 1.58. The second-order valence-corrected chi connectivity index (χ2v) is 31.4. The van der Waals surface area contributed by atoms with E-state index in [0.717, 1.165) is 141 Å². The number of aryl methyl sites for hydroxylation is 2. The number of para-hydroxylation sites is 2. The van der Waals surface area contributed by atoms with Gasteiger partial charge in [0.05, 0.1) is 17.0 Å². The quantitative estimate of drug-likeness (QED) is 0.117. The molecule has 0 amide bonds. The van der Waals surface area contributed by atoms with Gasteiger partial charge in [-0.2, -0.15) is 11.2 Å². The van der Waals surface area contributed by atoms with Gasteiger partial charge in [-0.3, -0.25) is 34.5 Å². The van der Waals surface area contributed by atoms with E-state index in [-0.39, 0.29) is 74.0 Å². The minimum atomic E-state index is -0.161. The van der Waals surface area contributed by atoms with Crippen LogP contribution >= 0.6 is 0 Å². The van der Waals surface area contributed by atoms with E-state index in [1.54, 1.807) is 0 Å². The number of benzene rings is 11. The molecule has 11 aromatic carbocycles. The normalized spacial score (nSPS) is 13.5. The molecule has 119 heavy (non-hydrogen) atoms. The summed E-state index contributed by atoms with van der Waals surface area (Å²) in [7, 11) is 0. The van der Waals surface area contributed by atoms with Gasteiger partial charge in [-0.15, -0.1) is 172 Å². The number of nitrogens with zero attached hydrogens (tertiary/aromatic N) is 9. The van der Waals surface area contributed by atoms with E-state index in [2.05, 4.69) is 259 Å². The SMILES string of the molecule is CC1(C)c2cccc3c4ccc5[c-]c4c4nc(c(n4c23)C1(C)C)CCc1ccccc1Cc1ccn(n1)-c1[c-]c(ccc1)O5.[Pt+2].[Pt+2].[Pt+2].[c-]1cc2ccc1-c1cccc(n1)N(c1ccccc1)c1cccc(n1)-c1[c-]cc(cc1)Cc1cccc(c1)C2.[c-]1cc2ccc1-c1cccc(n1)Oc1cccc(n1)-c1[c-]cc(cc1)Cc1cccc(c1)C2. The zero-order chi connectivity index (χ0) is 77.9. The molecule has 14 heteroatoms. The molecule has 18 aromatic rings. The Hall–Kier alpha value is -12.1. The number of fused-ring (bicyclic) bond motifs is 14. The average molecular weight is 2080 g/mol. The predicted octanol–water partition coefficient (Wildman–Crippen LogP) is 23.5. The van der Waals surface area contributed by atoms with Crippen LogP contribution in [0.5, 0.6) is 23.3 Å². The van der Waals surface area contributed by atoms with Crippen LogP contribution in [-0.4, -0.2) is 39.1 Å². The Morgan fingerprint density at radius 1 is 0.370 bits per heavy atom. The predicted molar refractivity (Wildman–Crippen MR) is 461 cm³/mol. The van der Waals surface area contributed by atoms with Crippen molar-refractivity contribution in [3.63, 3.8) is 0 Å². The summed E-state index contributed by atoms with van der Waals surface area (Å²) in [6, 6.07) is 125. The largest absolute Gasteiger partial charge is 2.00 e. The van der Waals surface area contributed by atoms with E-state index in [4.69, 9.17) is 29.5 Å². The molecule has 584 valence electrons. The summed E-state index contributed by atoms with van der Waals surface area (Å²) in [4.78, 5) is 27.1. The molecule has 8 aliphatic rings. The van der Waals surface area contributed by atoms with E-state index in [9.17, 15) is 0 Å². The van der Waals surface area contributed by atoms with E-state index in [1.807, 2.05) is 138 Å². The van der Waals surface area contributed by atoms with Crippen LogP contribution in [0.1, 0.15) is 106 Å². The van der Waals surface area contributed by atoms with Crippen molar-refractivity contribution in [3.8, 4) is 74.0 Å². The number of ether oxygens (including phenoxy) is 2. The molecule has 0 saturated heterocycles. The Balaban J connectivity index is 0.000000127. The molecule has 28 bridgehead atoms. The Morgan fingerprint density at radius 3 is 1.41 bits per heavy atom. The first-order chi connectivity index (χ1) is 56.9. The summed E-state index contributed by atoms with van der Waals surface area (Å²) in [5, 5.41) is 8.25.